The van der Waals surface area contributed by atoms with E-state index in [1.165, 1.54) is 10.9 Å². The topological polar surface area (TPSA) is 119 Å². The van der Waals surface area contributed by atoms with Gasteiger partial charge in [-0.25, -0.2) is 4.98 Å². The van der Waals surface area contributed by atoms with E-state index in [-0.39, 0.29) is 24.2 Å². The fraction of sp³-hybridized carbons (Fsp3) is 0.364. The molecule has 0 spiro atoms. The molecule has 106 valence electrons. The molecule has 2 rings (SSSR count). The van der Waals surface area contributed by atoms with E-state index in [1.54, 1.807) is 12.4 Å². The van der Waals surface area contributed by atoms with Crippen LogP contribution in [0.4, 0.5) is 5.69 Å². The zero-order valence-corrected chi connectivity index (χ0v) is 10.8. The lowest BCUT2D eigenvalue weighted by atomic mass is 10.2. The molecule has 2 heterocycles. The van der Waals surface area contributed by atoms with Crippen molar-refractivity contribution in [3.05, 3.63) is 40.7 Å². The van der Waals surface area contributed by atoms with Crippen LogP contribution in [0.1, 0.15) is 25.2 Å². The zero-order chi connectivity index (χ0) is 14.5. The second kappa shape index (κ2) is 5.95. The molecule has 0 saturated carbocycles. The Bertz CT molecular complexity index is 591. The first kappa shape index (κ1) is 13.7. The van der Waals surface area contributed by atoms with Gasteiger partial charge < -0.3 is 10.3 Å². The molecule has 0 saturated heterocycles. The minimum Gasteiger partial charge on any atom is -0.347 e. The fourth-order valence-electron chi connectivity index (χ4n) is 1.75. The Balaban J connectivity index is 1.95. The van der Waals surface area contributed by atoms with E-state index in [9.17, 15) is 14.9 Å². The summed E-state index contributed by atoms with van der Waals surface area (Å²) in [5, 5.41) is 17.1. The number of nitro groups is 1. The van der Waals surface area contributed by atoms with Gasteiger partial charge in [-0.3, -0.25) is 19.6 Å². The van der Waals surface area contributed by atoms with Gasteiger partial charge in [0.1, 0.15) is 24.8 Å². The van der Waals surface area contributed by atoms with Crippen molar-refractivity contribution in [3.63, 3.8) is 0 Å². The molecule has 0 aliphatic carbocycles. The SMILES string of the molecule is CCC(NC(=O)Cn1cc([N+](=O)[O-])cn1)c1ncc[nH]1. The minimum atomic E-state index is -0.556. The molecule has 0 aliphatic rings. The number of rotatable bonds is 6. The third-order valence-electron chi connectivity index (χ3n) is 2.73. The standard InChI is InChI=1S/C11H14N6O3/c1-2-9(11-12-3-4-13-11)15-10(18)7-16-6-8(5-14-16)17(19)20/h3-6,9H,2,7H2,1H3,(H,12,13)(H,15,18). The summed E-state index contributed by atoms with van der Waals surface area (Å²) in [4.78, 5) is 28.9. The van der Waals surface area contributed by atoms with Gasteiger partial charge in [-0.05, 0) is 6.42 Å². The van der Waals surface area contributed by atoms with Gasteiger partial charge in [-0.2, -0.15) is 5.10 Å². The van der Waals surface area contributed by atoms with Crippen LogP contribution >= 0.6 is 0 Å². The molecule has 2 aromatic heterocycles. The maximum Gasteiger partial charge on any atom is 0.307 e. The summed E-state index contributed by atoms with van der Waals surface area (Å²) in [7, 11) is 0. The molecule has 2 aromatic rings. The Hall–Kier alpha value is -2.71. The van der Waals surface area contributed by atoms with Crippen molar-refractivity contribution in [2.45, 2.75) is 25.9 Å². The van der Waals surface area contributed by atoms with E-state index in [0.29, 0.717) is 12.2 Å². The highest BCUT2D eigenvalue weighted by atomic mass is 16.6. The first-order valence-electron chi connectivity index (χ1n) is 6.05. The number of nitrogens with zero attached hydrogens (tertiary/aromatic N) is 4. The van der Waals surface area contributed by atoms with E-state index in [4.69, 9.17) is 0 Å². The molecule has 1 unspecified atom stereocenters. The number of imidazole rings is 1. The smallest absolute Gasteiger partial charge is 0.307 e. The third kappa shape index (κ3) is 3.19. The number of aromatic nitrogens is 4. The number of aromatic amines is 1. The van der Waals surface area contributed by atoms with E-state index in [2.05, 4.69) is 20.4 Å². The summed E-state index contributed by atoms with van der Waals surface area (Å²) in [5.41, 5.74) is -0.143. The van der Waals surface area contributed by atoms with Gasteiger partial charge in [0.25, 0.3) is 0 Å². The fourth-order valence-corrected chi connectivity index (χ4v) is 1.75. The molecule has 2 N–H and O–H groups in total. The predicted octanol–water partition coefficient (Wildman–Crippen LogP) is 0.782. The third-order valence-corrected chi connectivity index (χ3v) is 2.73. The summed E-state index contributed by atoms with van der Waals surface area (Å²) in [6.45, 7) is 1.84. The van der Waals surface area contributed by atoms with Crippen LogP contribution < -0.4 is 5.32 Å². The van der Waals surface area contributed by atoms with Crippen molar-refractivity contribution in [2.24, 2.45) is 0 Å². The monoisotopic (exact) mass is 278 g/mol. The second-order valence-corrected chi connectivity index (χ2v) is 4.16. The van der Waals surface area contributed by atoms with Crippen LogP contribution in [-0.2, 0) is 11.3 Å². The summed E-state index contributed by atoms with van der Waals surface area (Å²) in [6, 6.07) is -0.219. The van der Waals surface area contributed by atoms with E-state index in [0.717, 1.165) is 6.20 Å². The van der Waals surface area contributed by atoms with Crippen molar-refractivity contribution in [1.82, 2.24) is 25.1 Å². The highest BCUT2D eigenvalue weighted by molar-refractivity contribution is 5.76. The number of H-pyrrole nitrogens is 1. The van der Waals surface area contributed by atoms with Crippen LogP contribution in [0.5, 0.6) is 0 Å². The molecule has 1 amide bonds. The summed E-state index contributed by atoms with van der Waals surface area (Å²) < 4.78 is 1.22. The predicted molar refractivity (Wildman–Crippen MR) is 68.6 cm³/mol. The lowest BCUT2D eigenvalue weighted by molar-refractivity contribution is -0.385. The number of amides is 1. The van der Waals surface area contributed by atoms with E-state index < -0.39 is 4.92 Å². The van der Waals surface area contributed by atoms with Gasteiger partial charge in [0.15, 0.2) is 0 Å². The molecule has 0 bridgehead atoms. The van der Waals surface area contributed by atoms with Crippen LogP contribution in [0, 0.1) is 10.1 Å². The van der Waals surface area contributed by atoms with Gasteiger partial charge in [-0.1, -0.05) is 6.92 Å². The van der Waals surface area contributed by atoms with Crippen molar-refractivity contribution in [2.75, 3.05) is 0 Å². The molecule has 20 heavy (non-hydrogen) atoms. The minimum absolute atomic E-state index is 0.0783. The lowest BCUT2D eigenvalue weighted by Gasteiger charge is -2.14. The molecule has 0 aromatic carbocycles. The number of hydrogen-bond donors (Lipinski definition) is 2. The Morgan fingerprint density at radius 3 is 3.00 bits per heavy atom. The molecular weight excluding hydrogens is 264 g/mol. The molecule has 9 heteroatoms. The Morgan fingerprint density at radius 1 is 1.65 bits per heavy atom. The average molecular weight is 278 g/mol. The van der Waals surface area contributed by atoms with Gasteiger partial charge in [0.2, 0.25) is 5.91 Å². The van der Waals surface area contributed by atoms with Crippen molar-refractivity contribution in [1.29, 1.82) is 0 Å². The second-order valence-electron chi connectivity index (χ2n) is 4.16. The average Bonchev–Trinajstić information content (AvgIpc) is 3.06. The number of hydrogen-bond acceptors (Lipinski definition) is 5. The molecular formula is C11H14N6O3. The maximum atomic E-state index is 11.9. The summed E-state index contributed by atoms with van der Waals surface area (Å²) in [6.07, 6.45) is 6.30. The van der Waals surface area contributed by atoms with Crippen molar-refractivity contribution in [3.8, 4) is 0 Å². The maximum absolute atomic E-state index is 11.9. The van der Waals surface area contributed by atoms with Crippen molar-refractivity contribution >= 4 is 11.6 Å². The van der Waals surface area contributed by atoms with Crippen LogP contribution in [0.15, 0.2) is 24.8 Å². The summed E-state index contributed by atoms with van der Waals surface area (Å²) >= 11 is 0. The molecule has 1 atom stereocenters. The van der Waals surface area contributed by atoms with Gasteiger partial charge >= 0.3 is 5.69 Å². The van der Waals surface area contributed by atoms with Crippen LogP contribution in [0.2, 0.25) is 0 Å². The van der Waals surface area contributed by atoms with E-state index >= 15 is 0 Å². The first-order valence-corrected chi connectivity index (χ1v) is 6.05. The van der Waals surface area contributed by atoms with Gasteiger partial charge in [-0.15, -0.1) is 0 Å². The Labute approximate surface area is 114 Å². The molecule has 9 nitrogen and oxygen atoms in total. The van der Waals surface area contributed by atoms with Crippen LogP contribution in [0.25, 0.3) is 0 Å². The normalized spacial score (nSPS) is 12.1. The lowest BCUT2D eigenvalue weighted by Crippen LogP contribution is -2.32. The van der Waals surface area contributed by atoms with Crippen LogP contribution in [-0.4, -0.2) is 30.6 Å². The Morgan fingerprint density at radius 2 is 2.45 bits per heavy atom. The summed E-state index contributed by atoms with van der Waals surface area (Å²) in [5.74, 6) is 0.388. The van der Waals surface area contributed by atoms with Gasteiger partial charge in [0, 0.05) is 12.4 Å². The first-order chi connectivity index (χ1) is 9.60. The number of carbonyl (C=O) groups is 1. The zero-order valence-electron chi connectivity index (χ0n) is 10.8. The van der Waals surface area contributed by atoms with Crippen LogP contribution in [0.3, 0.4) is 0 Å². The highest BCUT2D eigenvalue weighted by Gasteiger charge is 2.16. The molecule has 0 aliphatic heterocycles. The highest BCUT2D eigenvalue weighted by Crippen LogP contribution is 2.11. The number of nitrogens with one attached hydrogen (secondary N) is 2. The molecule has 0 radical (unpaired) electrons. The molecule has 0 fully saturated rings. The Kier molecular flexibility index (Phi) is 4.08. The quantitative estimate of drug-likeness (QED) is 0.598. The van der Waals surface area contributed by atoms with Gasteiger partial charge in [0.05, 0.1) is 11.0 Å². The largest absolute Gasteiger partial charge is 0.347 e. The van der Waals surface area contributed by atoms with Crippen molar-refractivity contribution < 1.29 is 9.72 Å². The number of carbonyl (C=O) groups excluding carboxylic acids is 1. The van der Waals surface area contributed by atoms with E-state index in [1.807, 2.05) is 6.92 Å².